The summed E-state index contributed by atoms with van der Waals surface area (Å²) in [5, 5.41) is 2.19. The second-order valence-corrected chi connectivity index (χ2v) is 4.16. The van der Waals surface area contributed by atoms with E-state index < -0.39 is 0 Å². The SMILES string of the molecule is Fc1ccc(N=C=S)cc1.Nc1ccc(F)cc1.S=C=S. The molecule has 0 aliphatic rings. The minimum Gasteiger partial charge on any atom is -0.399 e. The van der Waals surface area contributed by atoms with Gasteiger partial charge in [0.25, 0.3) is 0 Å². The zero-order valence-electron chi connectivity index (χ0n) is 10.6. The van der Waals surface area contributed by atoms with Crippen LogP contribution in [0.25, 0.3) is 0 Å². The van der Waals surface area contributed by atoms with Gasteiger partial charge in [-0.1, -0.05) is 0 Å². The first-order chi connectivity index (χ1) is 10.0. The van der Waals surface area contributed by atoms with Crippen LogP contribution >= 0.6 is 36.7 Å². The lowest BCUT2D eigenvalue weighted by atomic mass is 10.3. The van der Waals surface area contributed by atoms with Gasteiger partial charge in [-0.3, -0.25) is 0 Å². The molecule has 108 valence electrons. The molecule has 0 unspecified atom stereocenters. The highest BCUT2D eigenvalue weighted by Gasteiger charge is 1.87. The maximum absolute atomic E-state index is 12.2. The molecule has 0 amide bonds. The summed E-state index contributed by atoms with van der Waals surface area (Å²) < 4.78 is 26.2. The van der Waals surface area contributed by atoms with Crippen LogP contribution in [0.15, 0.2) is 53.5 Å². The highest BCUT2D eigenvalue weighted by atomic mass is 32.1. The highest BCUT2D eigenvalue weighted by Crippen LogP contribution is 2.10. The molecule has 2 N–H and O–H groups in total. The van der Waals surface area contributed by atoms with Gasteiger partial charge >= 0.3 is 0 Å². The summed E-state index contributed by atoms with van der Waals surface area (Å²) in [5.41, 5.74) is 6.47. The van der Waals surface area contributed by atoms with Crippen molar-refractivity contribution in [1.29, 1.82) is 0 Å². The molecular weight excluding hydrogens is 330 g/mol. The maximum Gasteiger partial charge on any atom is 0.123 e. The summed E-state index contributed by atoms with van der Waals surface area (Å²) in [6, 6.07) is 11.4. The lowest BCUT2D eigenvalue weighted by molar-refractivity contribution is 0.627. The number of rotatable bonds is 1. The summed E-state index contributed by atoms with van der Waals surface area (Å²) in [5.74, 6) is -0.525. The van der Waals surface area contributed by atoms with E-state index in [1.165, 1.54) is 48.5 Å². The number of anilines is 1. The van der Waals surface area contributed by atoms with Crippen LogP contribution in [0.1, 0.15) is 0 Å². The van der Waals surface area contributed by atoms with Gasteiger partial charge in [0.05, 0.1) is 10.8 Å². The Kier molecular flexibility index (Phi) is 10.8. The lowest BCUT2D eigenvalue weighted by Gasteiger charge is -1.87. The van der Waals surface area contributed by atoms with E-state index in [1.807, 2.05) is 4.31 Å². The standard InChI is InChI=1S/C7H4FNS.C6H6FN.CS2/c8-6-1-3-7(4-2-6)9-5-10;7-5-1-3-6(8)4-2-5;2-1-3/h1-4H;1-4H,8H2;. The minimum absolute atomic E-state index is 0.251. The van der Waals surface area contributed by atoms with Crippen molar-refractivity contribution in [3.8, 4) is 0 Å². The van der Waals surface area contributed by atoms with Gasteiger partial charge in [0.1, 0.15) is 11.6 Å². The number of nitrogen functional groups attached to an aromatic ring is 1. The molecule has 0 saturated heterocycles. The van der Waals surface area contributed by atoms with Gasteiger partial charge in [0.15, 0.2) is 0 Å². The fourth-order valence-electron chi connectivity index (χ4n) is 1.03. The molecule has 0 atom stereocenters. The number of aliphatic imine (C=N–C) groups is 1. The maximum atomic E-state index is 12.2. The van der Waals surface area contributed by atoms with Crippen LogP contribution in [0.5, 0.6) is 0 Å². The van der Waals surface area contributed by atoms with Crippen LogP contribution in [0.3, 0.4) is 0 Å². The number of hydrogen-bond acceptors (Lipinski definition) is 5. The van der Waals surface area contributed by atoms with Crippen molar-refractivity contribution < 1.29 is 8.78 Å². The molecule has 0 saturated carbocycles. The van der Waals surface area contributed by atoms with E-state index in [0.717, 1.165) is 0 Å². The van der Waals surface area contributed by atoms with Crippen LogP contribution in [0.2, 0.25) is 0 Å². The van der Waals surface area contributed by atoms with Crippen molar-refractivity contribution in [2.24, 2.45) is 4.99 Å². The number of hydrogen-bond donors (Lipinski definition) is 1. The smallest absolute Gasteiger partial charge is 0.123 e. The molecule has 0 aliphatic carbocycles. The van der Waals surface area contributed by atoms with Gasteiger partial charge in [-0.25, -0.2) is 8.78 Å². The summed E-state index contributed by atoms with van der Waals surface area (Å²) in [6.45, 7) is 0. The first-order valence-corrected chi connectivity index (χ1v) is 6.59. The van der Waals surface area contributed by atoms with Crippen molar-refractivity contribution in [3.63, 3.8) is 0 Å². The Morgan fingerprint density at radius 3 is 1.52 bits per heavy atom. The molecule has 7 heteroatoms. The van der Waals surface area contributed by atoms with Gasteiger partial charge in [0, 0.05) is 10.0 Å². The van der Waals surface area contributed by atoms with Crippen molar-refractivity contribution >= 4 is 57.5 Å². The summed E-state index contributed by atoms with van der Waals surface area (Å²) in [4.78, 5) is 3.65. The number of thiocarbonyl (C=S) groups is 3. The lowest BCUT2D eigenvalue weighted by Crippen LogP contribution is -1.82. The monoisotopic (exact) mass is 340 g/mol. The molecule has 0 heterocycles. The fraction of sp³-hybridized carbons (Fsp3) is 0. The summed E-state index contributed by atoms with van der Waals surface area (Å²) in [6.07, 6.45) is 0. The average molecular weight is 340 g/mol. The molecular formula is C14H10F2N2S3. The number of nitrogens with two attached hydrogens (primary N) is 1. The predicted molar refractivity (Wildman–Crippen MR) is 92.1 cm³/mol. The summed E-state index contributed by atoms with van der Waals surface area (Å²) >= 11 is 12.3. The highest BCUT2D eigenvalue weighted by molar-refractivity contribution is 7.93. The number of halogens is 2. The average Bonchev–Trinajstić information content (AvgIpc) is 2.47. The van der Waals surface area contributed by atoms with Gasteiger partial charge in [-0.2, -0.15) is 4.99 Å². The van der Waals surface area contributed by atoms with Crippen molar-refractivity contribution in [1.82, 2.24) is 0 Å². The van der Waals surface area contributed by atoms with E-state index in [1.54, 1.807) is 0 Å². The summed E-state index contributed by atoms with van der Waals surface area (Å²) in [7, 11) is 0. The Morgan fingerprint density at radius 2 is 1.19 bits per heavy atom. The van der Waals surface area contributed by atoms with Crippen LogP contribution in [-0.2, 0) is 0 Å². The van der Waals surface area contributed by atoms with Crippen molar-refractivity contribution in [2.75, 3.05) is 5.73 Å². The van der Waals surface area contributed by atoms with Crippen LogP contribution < -0.4 is 5.73 Å². The third kappa shape index (κ3) is 10.6. The number of benzene rings is 2. The van der Waals surface area contributed by atoms with Gasteiger partial charge in [-0.15, -0.1) is 0 Å². The molecule has 0 spiro atoms. The van der Waals surface area contributed by atoms with Crippen LogP contribution in [-0.4, -0.2) is 9.48 Å². The largest absolute Gasteiger partial charge is 0.399 e. The van der Waals surface area contributed by atoms with E-state index in [2.05, 4.69) is 46.8 Å². The van der Waals surface area contributed by atoms with Crippen molar-refractivity contribution in [3.05, 3.63) is 60.2 Å². The van der Waals surface area contributed by atoms with E-state index in [9.17, 15) is 8.78 Å². The second kappa shape index (κ2) is 11.9. The Hall–Kier alpha value is -1.88. The van der Waals surface area contributed by atoms with Gasteiger partial charge in [0.2, 0.25) is 0 Å². The Morgan fingerprint density at radius 1 is 0.810 bits per heavy atom. The van der Waals surface area contributed by atoms with E-state index >= 15 is 0 Å². The Bertz CT molecular complexity index is 595. The topological polar surface area (TPSA) is 38.4 Å². The zero-order valence-corrected chi connectivity index (χ0v) is 13.1. The fourth-order valence-corrected chi connectivity index (χ4v) is 1.14. The molecule has 0 aliphatic heterocycles. The molecule has 2 aromatic carbocycles. The Balaban J connectivity index is 0.000000327. The minimum atomic E-state index is -0.275. The van der Waals surface area contributed by atoms with E-state index in [0.29, 0.717) is 11.4 Å². The molecule has 0 aromatic heterocycles. The zero-order chi connectivity index (χ0) is 16.1. The molecule has 0 bridgehead atoms. The normalized spacial score (nSPS) is 7.90. The predicted octanol–water partition coefficient (Wildman–Crippen LogP) is 4.99. The second-order valence-electron chi connectivity index (χ2n) is 3.31. The van der Waals surface area contributed by atoms with E-state index in [-0.39, 0.29) is 11.6 Å². The van der Waals surface area contributed by atoms with Gasteiger partial charge in [-0.05, 0) is 85.2 Å². The molecule has 2 nitrogen and oxygen atoms in total. The molecule has 0 fully saturated rings. The number of isothiocyanates is 1. The third-order valence-corrected chi connectivity index (χ3v) is 1.96. The van der Waals surface area contributed by atoms with Crippen molar-refractivity contribution in [2.45, 2.75) is 0 Å². The first-order valence-electron chi connectivity index (χ1n) is 5.37. The number of nitrogens with zero attached hydrogens (tertiary/aromatic N) is 1. The molecule has 2 aromatic rings. The van der Waals surface area contributed by atoms with Crippen LogP contribution in [0, 0.1) is 11.6 Å². The third-order valence-electron chi connectivity index (χ3n) is 1.87. The van der Waals surface area contributed by atoms with Crippen LogP contribution in [0.4, 0.5) is 20.2 Å². The molecule has 2 rings (SSSR count). The molecule has 21 heavy (non-hydrogen) atoms. The quantitative estimate of drug-likeness (QED) is 0.451. The molecule has 0 radical (unpaired) electrons. The van der Waals surface area contributed by atoms with Gasteiger partial charge < -0.3 is 5.73 Å². The Labute approximate surface area is 137 Å². The first kappa shape index (κ1) is 19.1. The van der Waals surface area contributed by atoms with E-state index in [4.69, 9.17) is 5.73 Å².